The lowest BCUT2D eigenvalue weighted by Gasteiger charge is -2.18. The molecule has 1 aliphatic rings. The van der Waals surface area contributed by atoms with Gasteiger partial charge in [0.1, 0.15) is 5.69 Å². The van der Waals surface area contributed by atoms with Crippen molar-refractivity contribution < 1.29 is 15.0 Å². The maximum absolute atomic E-state index is 12.6. The van der Waals surface area contributed by atoms with Crippen LogP contribution in [0.5, 0.6) is 0 Å². The van der Waals surface area contributed by atoms with Crippen LogP contribution in [0.3, 0.4) is 0 Å². The molecule has 1 saturated heterocycles. The smallest absolute Gasteiger partial charge is 0.271 e. The van der Waals surface area contributed by atoms with Gasteiger partial charge in [0.05, 0.1) is 6.67 Å². The molecular formula is C20H19N5O4. The number of pyridine rings is 2. The summed E-state index contributed by atoms with van der Waals surface area (Å²) in [5.41, 5.74) is 2.76. The first-order valence-electron chi connectivity index (χ1n) is 9.00. The molecular weight excluding hydrogens is 374 g/mol. The van der Waals surface area contributed by atoms with Crippen molar-refractivity contribution in [2.75, 3.05) is 30.0 Å². The second kappa shape index (κ2) is 8.23. The molecule has 0 radical (unpaired) electrons. The van der Waals surface area contributed by atoms with E-state index in [0.29, 0.717) is 25.3 Å². The van der Waals surface area contributed by atoms with Crippen molar-refractivity contribution in [1.29, 1.82) is 0 Å². The molecule has 0 aliphatic carbocycles. The normalized spacial score (nSPS) is 14.2. The van der Waals surface area contributed by atoms with Crippen molar-refractivity contribution in [1.82, 2.24) is 15.0 Å². The minimum absolute atomic E-state index is 0.170. The van der Waals surface area contributed by atoms with Crippen molar-refractivity contribution in [3.63, 3.8) is 0 Å². The maximum atomic E-state index is 12.6. The lowest BCUT2D eigenvalue weighted by molar-refractivity contribution is -0.389. The fourth-order valence-corrected chi connectivity index (χ4v) is 3.15. The van der Waals surface area contributed by atoms with Gasteiger partial charge in [-0.1, -0.05) is 0 Å². The Labute approximate surface area is 166 Å². The zero-order valence-corrected chi connectivity index (χ0v) is 15.4. The van der Waals surface area contributed by atoms with E-state index in [9.17, 15) is 9.59 Å². The molecule has 3 aromatic rings. The van der Waals surface area contributed by atoms with Crippen molar-refractivity contribution in [3.8, 4) is 11.1 Å². The topological polar surface area (TPSA) is 111 Å². The van der Waals surface area contributed by atoms with Gasteiger partial charge >= 0.3 is 0 Å². The second-order valence-electron chi connectivity index (χ2n) is 6.56. The summed E-state index contributed by atoms with van der Waals surface area (Å²) in [7, 11) is 0. The molecule has 0 saturated carbocycles. The summed E-state index contributed by atoms with van der Waals surface area (Å²) in [6.45, 7) is 1.71. The number of aromatic nitrogens is 2. The lowest BCUT2D eigenvalue weighted by atomic mass is 10.1. The maximum Gasteiger partial charge on any atom is 0.271 e. The largest absolute Gasteiger partial charge is 0.355 e. The molecule has 1 aromatic carbocycles. The Balaban J connectivity index is 1.49. The first-order valence-corrected chi connectivity index (χ1v) is 9.00. The predicted molar refractivity (Wildman–Crippen MR) is 107 cm³/mol. The Morgan fingerprint density at radius 3 is 2.55 bits per heavy atom. The molecule has 9 nitrogen and oxygen atoms in total. The highest BCUT2D eigenvalue weighted by atomic mass is 17.2. The number of carbonyl (C=O) groups excluding carboxylic acids is 1. The fraction of sp³-hybridized carbons (Fsp3) is 0.150. The van der Waals surface area contributed by atoms with Crippen LogP contribution in [0.25, 0.3) is 11.1 Å². The summed E-state index contributed by atoms with van der Waals surface area (Å²) >= 11 is 0. The van der Waals surface area contributed by atoms with Crippen LogP contribution in [0.2, 0.25) is 0 Å². The van der Waals surface area contributed by atoms with Gasteiger partial charge in [-0.25, -0.2) is 5.26 Å². The van der Waals surface area contributed by atoms with Crippen LogP contribution in [0.1, 0.15) is 10.4 Å². The number of hydrogen-bond acceptors (Lipinski definition) is 7. The zero-order valence-electron chi connectivity index (χ0n) is 15.4. The number of nitrogens with zero attached hydrogens (tertiary/aromatic N) is 3. The molecule has 1 fully saturated rings. The van der Waals surface area contributed by atoms with E-state index < -0.39 is 0 Å². The van der Waals surface area contributed by atoms with E-state index in [-0.39, 0.29) is 17.2 Å². The summed E-state index contributed by atoms with van der Waals surface area (Å²) in [6, 6.07) is 12.3. The average Bonchev–Trinajstić information content (AvgIpc) is 3.25. The second-order valence-corrected chi connectivity index (χ2v) is 6.56. The predicted octanol–water partition coefficient (Wildman–Crippen LogP) is 2.17. The monoisotopic (exact) mass is 393 g/mol. The van der Waals surface area contributed by atoms with Gasteiger partial charge in [0, 0.05) is 48.5 Å². The SMILES string of the molecule is O=C(Nc1cc(-c2ccncc2)c[nH]c1=O)c1ccc(N2CCN(OO)C2)cc1. The van der Waals surface area contributed by atoms with Crippen molar-refractivity contribution >= 4 is 17.3 Å². The fourth-order valence-electron chi connectivity index (χ4n) is 3.15. The molecule has 4 rings (SSSR count). The molecule has 29 heavy (non-hydrogen) atoms. The number of hydrogen-bond donors (Lipinski definition) is 3. The number of carbonyl (C=O) groups is 1. The van der Waals surface area contributed by atoms with Gasteiger partial charge in [0.25, 0.3) is 11.5 Å². The number of benzene rings is 1. The van der Waals surface area contributed by atoms with E-state index in [1.807, 2.05) is 29.2 Å². The molecule has 0 unspecified atom stereocenters. The number of H-pyrrole nitrogens is 1. The van der Waals surface area contributed by atoms with E-state index >= 15 is 0 Å². The van der Waals surface area contributed by atoms with Crippen LogP contribution in [-0.2, 0) is 4.99 Å². The molecule has 1 aliphatic heterocycles. The Hall–Kier alpha value is -3.53. The van der Waals surface area contributed by atoms with Crippen LogP contribution in [0.15, 0.2) is 65.8 Å². The van der Waals surface area contributed by atoms with Gasteiger partial charge in [0.15, 0.2) is 0 Å². The molecule has 2 aromatic heterocycles. The zero-order chi connectivity index (χ0) is 20.2. The van der Waals surface area contributed by atoms with Crippen LogP contribution >= 0.6 is 0 Å². The molecule has 3 heterocycles. The number of aromatic amines is 1. The number of hydroxylamine groups is 2. The number of amides is 1. The van der Waals surface area contributed by atoms with Gasteiger partial charge in [0.2, 0.25) is 0 Å². The van der Waals surface area contributed by atoms with E-state index in [0.717, 1.165) is 16.8 Å². The third-order valence-corrected chi connectivity index (χ3v) is 4.72. The van der Waals surface area contributed by atoms with E-state index in [4.69, 9.17) is 5.26 Å². The van der Waals surface area contributed by atoms with Gasteiger partial charge in [-0.3, -0.25) is 14.6 Å². The van der Waals surface area contributed by atoms with Crippen LogP contribution < -0.4 is 15.8 Å². The number of nitrogens with one attached hydrogen (secondary N) is 2. The first kappa shape index (κ1) is 18.8. The van der Waals surface area contributed by atoms with Crippen LogP contribution in [-0.4, -0.2) is 46.0 Å². The molecule has 0 spiro atoms. The molecule has 0 atom stereocenters. The van der Waals surface area contributed by atoms with E-state index in [1.165, 1.54) is 5.06 Å². The van der Waals surface area contributed by atoms with Gasteiger partial charge in [-0.15, -0.1) is 10.1 Å². The standard InChI is InChI=1S/C20H19N5O4/c26-19(15-1-3-17(4-2-15)24-9-10-25(13-24)29-28)23-18-11-16(12-22-20(18)27)14-5-7-21-8-6-14/h1-8,11-12,28H,9-10,13H2,(H,22,27)(H,23,26). The Kier molecular flexibility index (Phi) is 5.34. The van der Waals surface area contributed by atoms with Crippen LogP contribution in [0, 0.1) is 0 Å². The highest BCUT2D eigenvalue weighted by Crippen LogP contribution is 2.21. The van der Waals surface area contributed by atoms with E-state index in [2.05, 4.69) is 20.3 Å². The summed E-state index contributed by atoms with van der Waals surface area (Å²) < 4.78 is 0. The average molecular weight is 393 g/mol. The van der Waals surface area contributed by atoms with Crippen molar-refractivity contribution in [3.05, 3.63) is 77.0 Å². The molecule has 148 valence electrons. The minimum Gasteiger partial charge on any atom is -0.355 e. The quantitative estimate of drug-likeness (QED) is 0.450. The lowest BCUT2D eigenvalue weighted by Crippen LogP contribution is -2.24. The summed E-state index contributed by atoms with van der Waals surface area (Å²) in [4.78, 5) is 37.6. The first-order chi connectivity index (χ1) is 14.1. The highest BCUT2D eigenvalue weighted by molar-refractivity contribution is 6.04. The molecule has 1 amide bonds. The summed E-state index contributed by atoms with van der Waals surface area (Å²) in [5, 5.41) is 12.8. The third-order valence-electron chi connectivity index (χ3n) is 4.72. The van der Waals surface area contributed by atoms with E-state index in [1.54, 1.807) is 36.8 Å². The Morgan fingerprint density at radius 2 is 1.86 bits per heavy atom. The summed E-state index contributed by atoms with van der Waals surface area (Å²) in [5.74, 6) is -0.379. The number of anilines is 2. The highest BCUT2D eigenvalue weighted by Gasteiger charge is 2.21. The summed E-state index contributed by atoms with van der Waals surface area (Å²) in [6.07, 6.45) is 4.91. The molecule has 0 bridgehead atoms. The third kappa shape index (κ3) is 4.16. The molecule has 3 N–H and O–H groups in total. The van der Waals surface area contributed by atoms with Gasteiger partial charge in [-0.2, -0.15) is 0 Å². The van der Waals surface area contributed by atoms with Gasteiger partial charge < -0.3 is 15.2 Å². The Bertz CT molecular complexity index is 1050. The van der Waals surface area contributed by atoms with Crippen LogP contribution in [0.4, 0.5) is 11.4 Å². The Morgan fingerprint density at radius 1 is 1.10 bits per heavy atom. The number of rotatable bonds is 5. The molecule has 9 heteroatoms. The minimum atomic E-state index is -0.381. The van der Waals surface area contributed by atoms with Crippen molar-refractivity contribution in [2.24, 2.45) is 0 Å². The van der Waals surface area contributed by atoms with Gasteiger partial charge in [-0.05, 0) is 48.0 Å². The van der Waals surface area contributed by atoms with Crippen molar-refractivity contribution in [2.45, 2.75) is 0 Å².